The molecule has 1 nitrogen and oxygen atoms in total. The molecule has 0 saturated heterocycles. The lowest BCUT2D eigenvalue weighted by molar-refractivity contribution is 0.420. The van der Waals surface area contributed by atoms with Gasteiger partial charge in [-0.25, -0.2) is 0 Å². The van der Waals surface area contributed by atoms with Crippen molar-refractivity contribution in [3.63, 3.8) is 0 Å². The lowest BCUT2D eigenvalue weighted by Crippen LogP contribution is -2.18. The molecule has 0 heterocycles. The van der Waals surface area contributed by atoms with Crippen LogP contribution in [-0.4, -0.2) is 0 Å². The standard InChI is InChI=1S/C56H53N/c1-56(2)53-36-47(30-32-50(53)51-17-10-16-49(55(51)56)41-23-21-40(22-24-41)38-11-5-3-6-12-38)57(46-28-25-42(26-29-46)52-34-37-19-20-45(52)33-37)54-18-9-15-44-35-43(27-31-48(44)54)39-13-7-4-8-14-39/h3,5-6,9-12,15-18,21-32,35-37,39,45,52H,4,7-8,13-14,19-20,33-34H2,1-2H3. The Kier molecular flexibility index (Phi) is 8.50. The van der Waals surface area contributed by atoms with Crippen LogP contribution in [0.2, 0.25) is 0 Å². The third-order valence-electron chi connectivity index (χ3n) is 14.7. The third kappa shape index (κ3) is 5.96. The molecule has 0 amide bonds. The van der Waals surface area contributed by atoms with Gasteiger partial charge in [-0.2, -0.15) is 0 Å². The molecular formula is C56H53N. The second-order valence-corrected chi connectivity index (χ2v) is 18.3. The largest absolute Gasteiger partial charge is 0.310 e. The summed E-state index contributed by atoms with van der Waals surface area (Å²) in [6.07, 6.45) is 12.4. The number of hydrogen-bond donors (Lipinski definition) is 0. The minimum absolute atomic E-state index is 0.180. The summed E-state index contributed by atoms with van der Waals surface area (Å²) < 4.78 is 0. The SMILES string of the molecule is CC1(C)c2cc(N(c3ccc(C4CC5CCC4C5)cc3)c3cccc4cc(C5CCCCC5)ccc34)ccc2-c2cccc(-c3ccc(-c4ccccc4)cc3)c21. The first-order chi connectivity index (χ1) is 28.0. The van der Waals surface area contributed by atoms with E-state index in [2.05, 4.69) is 170 Å². The monoisotopic (exact) mass is 739 g/mol. The number of hydrogen-bond acceptors (Lipinski definition) is 1. The van der Waals surface area contributed by atoms with Crippen LogP contribution in [0.3, 0.4) is 0 Å². The molecule has 4 aliphatic carbocycles. The van der Waals surface area contributed by atoms with Crippen LogP contribution in [-0.2, 0) is 5.41 Å². The zero-order valence-corrected chi connectivity index (χ0v) is 33.6. The van der Waals surface area contributed by atoms with Crippen LogP contribution in [0, 0.1) is 11.8 Å². The van der Waals surface area contributed by atoms with Gasteiger partial charge in [0.1, 0.15) is 0 Å². The Morgan fingerprint density at radius 3 is 2.00 bits per heavy atom. The van der Waals surface area contributed by atoms with E-state index in [0.29, 0.717) is 5.92 Å². The lowest BCUT2D eigenvalue weighted by atomic mass is 9.78. The average molecular weight is 740 g/mol. The molecule has 282 valence electrons. The summed E-state index contributed by atoms with van der Waals surface area (Å²) >= 11 is 0. The van der Waals surface area contributed by atoms with Crippen molar-refractivity contribution in [3.8, 4) is 33.4 Å². The number of anilines is 3. The minimum atomic E-state index is -0.180. The Morgan fingerprint density at radius 2 is 1.23 bits per heavy atom. The first kappa shape index (κ1) is 34.8. The fourth-order valence-corrected chi connectivity index (χ4v) is 11.8. The van der Waals surface area contributed by atoms with E-state index in [4.69, 9.17) is 0 Å². The molecule has 3 unspecified atom stereocenters. The van der Waals surface area contributed by atoms with Gasteiger partial charge in [-0.05, 0) is 147 Å². The van der Waals surface area contributed by atoms with Crippen LogP contribution >= 0.6 is 0 Å². The van der Waals surface area contributed by atoms with E-state index >= 15 is 0 Å². The van der Waals surface area contributed by atoms with E-state index < -0.39 is 0 Å². The van der Waals surface area contributed by atoms with Crippen LogP contribution in [0.1, 0.15) is 106 Å². The van der Waals surface area contributed by atoms with Crippen molar-refractivity contribution < 1.29 is 0 Å². The highest BCUT2D eigenvalue weighted by Gasteiger charge is 2.41. The summed E-state index contributed by atoms with van der Waals surface area (Å²) in [4.78, 5) is 2.55. The first-order valence-corrected chi connectivity index (χ1v) is 21.9. The van der Waals surface area contributed by atoms with E-state index in [1.807, 2.05) is 0 Å². The molecule has 3 atom stereocenters. The number of fused-ring (bicyclic) bond motifs is 6. The van der Waals surface area contributed by atoms with Gasteiger partial charge in [0.2, 0.25) is 0 Å². The van der Waals surface area contributed by atoms with Gasteiger partial charge in [0, 0.05) is 22.2 Å². The van der Waals surface area contributed by atoms with E-state index in [0.717, 1.165) is 17.8 Å². The summed E-state index contributed by atoms with van der Waals surface area (Å²) in [6.45, 7) is 4.87. The van der Waals surface area contributed by atoms with Crippen LogP contribution in [0.5, 0.6) is 0 Å². The zero-order chi connectivity index (χ0) is 38.1. The van der Waals surface area contributed by atoms with Crippen molar-refractivity contribution in [2.24, 2.45) is 11.8 Å². The summed E-state index contributed by atoms with van der Waals surface area (Å²) in [5, 5.41) is 2.66. The molecule has 0 spiro atoms. The van der Waals surface area contributed by atoms with E-state index in [-0.39, 0.29) is 5.41 Å². The quantitative estimate of drug-likeness (QED) is 0.157. The minimum Gasteiger partial charge on any atom is -0.310 e. The molecule has 0 radical (unpaired) electrons. The van der Waals surface area contributed by atoms with Crippen molar-refractivity contribution in [3.05, 3.63) is 174 Å². The number of rotatable bonds is 7. The maximum atomic E-state index is 2.55. The highest BCUT2D eigenvalue weighted by atomic mass is 15.1. The van der Waals surface area contributed by atoms with Gasteiger partial charge in [-0.1, -0.05) is 161 Å². The highest BCUT2D eigenvalue weighted by molar-refractivity contribution is 6.00. The molecule has 7 aromatic carbocycles. The van der Waals surface area contributed by atoms with Gasteiger partial charge >= 0.3 is 0 Å². The zero-order valence-electron chi connectivity index (χ0n) is 33.6. The Hall–Kier alpha value is -5.40. The second kappa shape index (κ2) is 13.9. The Labute approximate surface area is 339 Å². The molecule has 57 heavy (non-hydrogen) atoms. The van der Waals surface area contributed by atoms with Crippen LogP contribution in [0.25, 0.3) is 44.2 Å². The Morgan fingerprint density at radius 1 is 0.509 bits per heavy atom. The van der Waals surface area contributed by atoms with E-state index in [9.17, 15) is 0 Å². The van der Waals surface area contributed by atoms with Crippen molar-refractivity contribution in [1.82, 2.24) is 0 Å². The summed E-state index contributed by atoms with van der Waals surface area (Å²) in [5.74, 6) is 3.23. The van der Waals surface area contributed by atoms with Crippen molar-refractivity contribution in [2.75, 3.05) is 4.90 Å². The number of nitrogens with zero attached hydrogens (tertiary/aromatic N) is 1. The molecule has 7 aromatic rings. The molecular weight excluding hydrogens is 687 g/mol. The van der Waals surface area contributed by atoms with Crippen LogP contribution < -0.4 is 4.90 Å². The molecule has 11 rings (SSSR count). The third-order valence-corrected chi connectivity index (χ3v) is 14.7. The molecule has 4 aliphatic rings. The van der Waals surface area contributed by atoms with Crippen molar-refractivity contribution in [2.45, 2.75) is 88.9 Å². The topological polar surface area (TPSA) is 3.24 Å². The first-order valence-electron chi connectivity index (χ1n) is 21.9. The predicted molar refractivity (Wildman–Crippen MR) is 241 cm³/mol. The molecule has 3 saturated carbocycles. The summed E-state index contributed by atoms with van der Waals surface area (Å²) in [7, 11) is 0. The normalized spacial score (nSPS) is 20.8. The van der Waals surface area contributed by atoms with Gasteiger partial charge in [0.25, 0.3) is 0 Å². The molecule has 3 fully saturated rings. The highest BCUT2D eigenvalue weighted by Crippen LogP contribution is 2.55. The van der Waals surface area contributed by atoms with E-state index in [1.165, 1.54) is 141 Å². The number of benzene rings is 7. The molecule has 2 bridgehead atoms. The predicted octanol–water partition coefficient (Wildman–Crippen LogP) is 15.9. The summed E-state index contributed by atoms with van der Waals surface area (Å²) in [6, 6.07) is 58.2. The fraction of sp³-hybridized carbons (Fsp3) is 0.286. The second-order valence-electron chi connectivity index (χ2n) is 18.3. The van der Waals surface area contributed by atoms with Gasteiger partial charge in [-0.15, -0.1) is 0 Å². The maximum absolute atomic E-state index is 2.55. The van der Waals surface area contributed by atoms with Crippen LogP contribution in [0.15, 0.2) is 152 Å². The van der Waals surface area contributed by atoms with Gasteiger partial charge < -0.3 is 4.90 Å². The maximum Gasteiger partial charge on any atom is 0.0540 e. The van der Waals surface area contributed by atoms with Gasteiger partial charge in [0.05, 0.1) is 5.69 Å². The Balaban J connectivity index is 1.01. The smallest absolute Gasteiger partial charge is 0.0540 e. The molecule has 0 aliphatic heterocycles. The average Bonchev–Trinajstić information content (AvgIpc) is 3.97. The molecule has 1 heteroatoms. The lowest BCUT2D eigenvalue weighted by Gasteiger charge is -2.30. The van der Waals surface area contributed by atoms with Crippen molar-refractivity contribution >= 4 is 27.8 Å². The Bertz CT molecular complexity index is 2590. The van der Waals surface area contributed by atoms with Crippen LogP contribution in [0.4, 0.5) is 17.1 Å². The molecule has 0 N–H and O–H groups in total. The summed E-state index contributed by atoms with van der Waals surface area (Å²) in [5.41, 5.74) is 17.2. The van der Waals surface area contributed by atoms with Gasteiger partial charge in [0.15, 0.2) is 0 Å². The van der Waals surface area contributed by atoms with Gasteiger partial charge in [-0.3, -0.25) is 0 Å². The fourth-order valence-electron chi connectivity index (χ4n) is 11.8. The van der Waals surface area contributed by atoms with Crippen molar-refractivity contribution in [1.29, 1.82) is 0 Å². The van der Waals surface area contributed by atoms with E-state index in [1.54, 1.807) is 0 Å². The molecule has 0 aromatic heterocycles.